The van der Waals surface area contributed by atoms with Crippen molar-refractivity contribution in [1.29, 1.82) is 0 Å². The predicted octanol–water partition coefficient (Wildman–Crippen LogP) is 1.23. The molecule has 5 heteroatoms. The summed E-state index contributed by atoms with van der Waals surface area (Å²) >= 11 is 0. The molecule has 0 unspecified atom stereocenters. The minimum Gasteiger partial charge on any atom is -0.397 e. The number of carbonyl (C=O) groups is 1. The van der Waals surface area contributed by atoms with Crippen LogP contribution in [0.4, 0.5) is 11.4 Å². The van der Waals surface area contributed by atoms with E-state index in [1.54, 1.807) is 33.0 Å². The van der Waals surface area contributed by atoms with Gasteiger partial charge in [0.2, 0.25) is 0 Å². The molecular weight excluding hydrogens is 242 g/mol. The molecule has 1 aromatic carbocycles. The standard InChI is InChI=1S/C14H23N3O2/c1-5-17(9-14(2,3)19)12-7-6-10(8-11(12)15)13(18)16-4/h6-8,19H,5,9,15H2,1-4H3,(H,16,18). The van der Waals surface area contributed by atoms with Gasteiger partial charge in [0.15, 0.2) is 0 Å². The number of nitrogens with two attached hydrogens (primary N) is 1. The van der Waals surface area contributed by atoms with Crippen molar-refractivity contribution in [2.45, 2.75) is 26.4 Å². The molecule has 0 atom stereocenters. The molecule has 5 nitrogen and oxygen atoms in total. The van der Waals surface area contributed by atoms with Crippen molar-refractivity contribution < 1.29 is 9.90 Å². The lowest BCUT2D eigenvalue weighted by molar-refractivity contribution is 0.0875. The van der Waals surface area contributed by atoms with E-state index in [2.05, 4.69) is 5.32 Å². The molecule has 0 saturated heterocycles. The van der Waals surface area contributed by atoms with Crippen LogP contribution in [0.25, 0.3) is 0 Å². The molecular formula is C14H23N3O2. The number of carbonyl (C=O) groups excluding carboxylic acids is 1. The van der Waals surface area contributed by atoms with Crippen molar-refractivity contribution in [3.05, 3.63) is 23.8 Å². The third-order valence-electron chi connectivity index (χ3n) is 2.82. The third kappa shape index (κ3) is 4.13. The van der Waals surface area contributed by atoms with Crippen LogP contribution in [0.1, 0.15) is 31.1 Å². The van der Waals surface area contributed by atoms with Crippen molar-refractivity contribution in [2.75, 3.05) is 30.8 Å². The summed E-state index contributed by atoms with van der Waals surface area (Å²) in [5, 5.41) is 12.5. The molecule has 0 bridgehead atoms. The van der Waals surface area contributed by atoms with Gasteiger partial charge in [-0.3, -0.25) is 4.79 Å². The zero-order valence-corrected chi connectivity index (χ0v) is 12.0. The first-order valence-electron chi connectivity index (χ1n) is 6.37. The van der Waals surface area contributed by atoms with E-state index in [1.807, 2.05) is 17.9 Å². The van der Waals surface area contributed by atoms with E-state index in [1.165, 1.54) is 0 Å². The molecule has 0 aromatic heterocycles. The number of anilines is 2. The number of aliphatic hydroxyl groups is 1. The normalized spacial score (nSPS) is 11.2. The molecule has 0 aliphatic heterocycles. The van der Waals surface area contributed by atoms with E-state index in [4.69, 9.17) is 5.73 Å². The van der Waals surface area contributed by atoms with Gasteiger partial charge >= 0.3 is 0 Å². The molecule has 4 N–H and O–H groups in total. The first-order valence-corrected chi connectivity index (χ1v) is 6.37. The molecule has 19 heavy (non-hydrogen) atoms. The number of amides is 1. The van der Waals surface area contributed by atoms with Crippen LogP contribution in [0.3, 0.4) is 0 Å². The lowest BCUT2D eigenvalue weighted by Crippen LogP contribution is -2.39. The Bertz CT molecular complexity index is 452. The largest absolute Gasteiger partial charge is 0.397 e. The van der Waals surface area contributed by atoms with Crippen molar-refractivity contribution in [3.8, 4) is 0 Å². The second kappa shape index (κ2) is 5.93. The first kappa shape index (κ1) is 15.3. The molecule has 0 radical (unpaired) electrons. The predicted molar refractivity (Wildman–Crippen MR) is 78.4 cm³/mol. The smallest absolute Gasteiger partial charge is 0.251 e. The number of hydrogen-bond donors (Lipinski definition) is 3. The number of nitrogens with one attached hydrogen (secondary N) is 1. The summed E-state index contributed by atoms with van der Waals surface area (Å²) in [5.41, 5.74) is 7.10. The summed E-state index contributed by atoms with van der Waals surface area (Å²) in [4.78, 5) is 13.5. The highest BCUT2D eigenvalue weighted by molar-refractivity contribution is 5.96. The van der Waals surface area contributed by atoms with Crippen molar-refractivity contribution in [3.63, 3.8) is 0 Å². The number of rotatable bonds is 5. The van der Waals surface area contributed by atoms with Gasteiger partial charge in [0, 0.05) is 25.7 Å². The first-order chi connectivity index (χ1) is 8.78. The molecule has 0 fully saturated rings. The average Bonchev–Trinajstić information content (AvgIpc) is 2.34. The van der Waals surface area contributed by atoms with Gasteiger partial charge < -0.3 is 21.1 Å². The minimum absolute atomic E-state index is 0.163. The van der Waals surface area contributed by atoms with Gasteiger partial charge in [-0.05, 0) is 39.0 Å². The molecule has 0 aliphatic carbocycles. The maximum absolute atomic E-state index is 11.5. The van der Waals surface area contributed by atoms with Gasteiger partial charge in [0.1, 0.15) is 0 Å². The van der Waals surface area contributed by atoms with Crippen LogP contribution < -0.4 is 16.0 Å². The van der Waals surface area contributed by atoms with Gasteiger partial charge in [0.25, 0.3) is 5.91 Å². The summed E-state index contributed by atoms with van der Waals surface area (Å²) in [6, 6.07) is 5.20. The summed E-state index contributed by atoms with van der Waals surface area (Å²) in [6.45, 7) is 6.72. The van der Waals surface area contributed by atoms with E-state index < -0.39 is 5.60 Å². The second-order valence-corrected chi connectivity index (χ2v) is 5.18. The van der Waals surface area contributed by atoms with Crippen LogP contribution in [-0.2, 0) is 0 Å². The molecule has 1 amide bonds. The van der Waals surface area contributed by atoms with E-state index in [9.17, 15) is 9.90 Å². The number of benzene rings is 1. The van der Waals surface area contributed by atoms with Crippen molar-refractivity contribution >= 4 is 17.3 Å². The van der Waals surface area contributed by atoms with Gasteiger partial charge in [-0.2, -0.15) is 0 Å². The third-order valence-corrected chi connectivity index (χ3v) is 2.82. The highest BCUT2D eigenvalue weighted by Crippen LogP contribution is 2.25. The quantitative estimate of drug-likeness (QED) is 0.700. The van der Waals surface area contributed by atoms with Crippen LogP contribution in [-0.4, -0.2) is 36.8 Å². The molecule has 0 aliphatic rings. The highest BCUT2D eigenvalue weighted by atomic mass is 16.3. The minimum atomic E-state index is -0.804. The van der Waals surface area contributed by atoms with Gasteiger partial charge in [-0.15, -0.1) is 0 Å². The Balaban J connectivity index is 3.03. The molecule has 1 rings (SSSR count). The van der Waals surface area contributed by atoms with E-state index in [-0.39, 0.29) is 5.91 Å². The van der Waals surface area contributed by atoms with Gasteiger partial charge in [-0.25, -0.2) is 0 Å². The van der Waals surface area contributed by atoms with Gasteiger partial charge in [0.05, 0.1) is 17.0 Å². The summed E-state index contributed by atoms with van der Waals surface area (Å²) in [6.07, 6.45) is 0. The molecule has 106 valence electrons. The van der Waals surface area contributed by atoms with Crippen molar-refractivity contribution in [1.82, 2.24) is 5.32 Å². The zero-order valence-electron chi connectivity index (χ0n) is 12.0. The van der Waals surface area contributed by atoms with E-state index in [0.29, 0.717) is 17.8 Å². The van der Waals surface area contributed by atoms with E-state index in [0.717, 1.165) is 12.2 Å². The lowest BCUT2D eigenvalue weighted by atomic mass is 10.1. The number of likely N-dealkylation sites (N-methyl/N-ethyl adjacent to an activating group) is 1. The number of nitrogen functional groups attached to an aromatic ring is 1. The van der Waals surface area contributed by atoms with Crippen LogP contribution in [0, 0.1) is 0 Å². The topological polar surface area (TPSA) is 78.6 Å². The Kier molecular flexibility index (Phi) is 4.78. The van der Waals surface area contributed by atoms with Crippen molar-refractivity contribution in [2.24, 2.45) is 0 Å². The Morgan fingerprint density at radius 2 is 2.11 bits per heavy atom. The van der Waals surface area contributed by atoms with E-state index >= 15 is 0 Å². The van der Waals surface area contributed by atoms with Crippen LogP contribution in [0.5, 0.6) is 0 Å². The number of nitrogens with zero attached hydrogens (tertiary/aromatic N) is 1. The number of hydrogen-bond acceptors (Lipinski definition) is 4. The zero-order chi connectivity index (χ0) is 14.6. The second-order valence-electron chi connectivity index (χ2n) is 5.18. The summed E-state index contributed by atoms with van der Waals surface area (Å²) < 4.78 is 0. The lowest BCUT2D eigenvalue weighted by Gasteiger charge is -2.30. The van der Waals surface area contributed by atoms with Gasteiger partial charge in [-0.1, -0.05) is 0 Å². The molecule has 0 heterocycles. The molecule has 0 saturated carbocycles. The Hall–Kier alpha value is -1.75. The Labute approximate surface area is 114 Å². The maximum atomic E-state index is 11.5. The summed E-state index contributed by atoms with van der Waals surface area (Å²) in [7, 11) is 1.58. The molecule has 0 spiro atoms. The SMILES string of the molecule is CCN(CC(C)(C)O)c1ccc(C(=O)NC)cc1N. The fourth-order valence-corrected chi connectivity index (χ4v) is 1.96. The van der Waals surface area contributed by atoms with Crippen LogP contribution in [0.15, 0.2) is 18.2 Å². The maximum Gasteiger partial charge on any atom is 0.251 e. The Morgan fingerprint density at radius 3 is 2.53 bits per heavy atom. The monoisotopic (exact) mass is 265 g/mol. The fraction of sp³-hybridized carbons (Fsp3) is 0.500. The van der Waals surface area contributed by atoms with Crippen LogP contribution in [0.2, 0.25) is 0 Å². The van der Waals surface area contributed by atoms with Crippen LogP contribution >= 0.6 is 0 Å². The fourth-order valence-electron chi connectivity index (χ4n) is 1.96. The Morgan fingerprint density at radius 1 is 1.47 bits per heavy atom. The highest BCUT2D eigenvalue weighted by Gasteiger charge is 2.19. The average molecular weight is 265 g/mol. The molecule has 1 aromatic rings. The summed E-state index contributed by atoms with van der Waals surface area (Å²) in [5.74, 6) is -0.163.